The van der Waals surface area contributed by atoms with E-state index < -0.39 is 9.84 Å². The van der Waals surface area contributed by atoms with Gasteiger partial charge < -0.3 is 5.11 Å². The fourth-order valence-corrected chi connectivity index (χ4v) is 2.39. The first-order chi connectivity index (χ1) is 6.89. The van der Waals surface area contributed by atoms with Crippen molar-refractivity contribution in [2.75, 3.05) is 12.0 Å². The van der Waals surface area contributed by atoms with E-state index in [1.165, 1.54) is 18.0 Å². The summed E-state index contributed by atoms with van der Waals surface area (Å²) in [4.78, 5) is 1.28. The Morgan fingerprint density at radius 2 is 1.87 bits per heavy atom. The predicted molar refractivity (Wildman–Crippen MR) is 62.0 cm³/mol. The third kappa shape index (κ3) is 4.24. The van der Waals surface area contributed by atoms with Crippen LogP contribution in [0.1, 0.15) is 6.92 Å². The lowest BCUT2D eigenvalue weighted by Gasteiger charge is -2.04. The van der Waals surface area contributed by atoms with Gasteiger partial charge in [-0.3, -0.25) is 0 Å². The van der Waals surface area contributed by atoms with E-state index in [2.05, 4.69) is 0 Å². The van der Waals surface area contributed by atoms with Gasteiger partial charge in [0.1, 0.15) is 0 Å². The van der Waals surface area contributed by atoms with E-state index in [0.717, 1.165) is 4.90 Å². The van der Waals surface area contributed by atoms with Gasteiger partial charge in [-0.05, 0) is 31.2 Å². The average molecular weight is 246 g/mol. The molecule has 1 N–H and O–H groups in total. The van der Waals surface area contributed by atoms with Crippen molar-refractivity contribution >= 4 is 21.6 Å². The minimum Gasteiger partial charge on any atom is -0.393 e. The van der Waals surface area contributed by atoms with Crippen molar-refractivity contribution in [3.05, 3.63) is 24.3 Å². The van der Waals surface area contributed by atoms with Gasteiger partial charge in [0.05, 0.1) is 11.0 Å². The molecule has 0 fully saturated rings. The largest absolute Gasteiger partial charge is 0.393 e. The highest BCUT2D eigenvalue weighted by molar-refractivity contribution is 7.99. The van der Waals surface area contributed by atoms with Crippen LogP contribution in [0.5, 0.6) is 0 Å². The molecule has 0 bridgehead atoms. The zero-order chi connectivity index (χ0) is 11.5. The highest BCUT2D eigenvalue weighted by Crippen LogP contribution is 2.20. The van der Waals surface area contributed by atoms with Crippen LogP contribution in [0.4, 0.5) is 0 Å². The van der Waals surface area contributed by atoms with Gasteiger partial charge in [-0.25, -0.2) is 8.42 Å². The summed E-state index contributed by atoms with van der Waals surface area (Å²) in [6, 6.07) is 6.67. The molecule has 15 heavy (non-hydrogen) atoms. The Kier molecular flexibility index (Phi) is 4.19. The third-order valence-electron chi connectivity index (χ3n) is 1.74. The summed E-state index contributed by atoms with van der Waals surface area (Å²) in [5, 5.41) is 9.08. The first-order valence-corrected chi connectivity index (χ1v) is 7.38. The van der Waals surface area contributed by atoms with Gasteiger partial charge in [0.2, 0.25) is 0 Å². The number of hydrogen-bond donors (Lipinski definition) is 1. The number of rotatable bonds is 4. The molecule has 1 rings (SSSR count). The van der Waals surface area contributed by atoms with Crippen molar-refractivity contribution in [3.8, 4) is 0 Å². The van der Waals surface area contributed by atoms with Crippen molar-refractivity contribution in [3.63, 3.8) is 0 Å². The summed E-state index contributed by atoms with van der Waals surface area (Å²) in [5.41, 5.74) is 0. The van der Waals surface area contributed by atoms with Gasteiger partial charge in [0.15, 0.2) is 9.84 Å². The summed E-state index contributed by atoms with van der Waals surface area (Å²) in [5.74, 6) is 0.609. The molecule has 0 aliphatic heterocycles. The molecule has 1 atom stereocenters. The van der Waals surface area contributed by atoms with Gasteiger partial charge in [0, 0.05) is 16.9 Å². The predicted octanol–water partition coefficient (Wildman–Crippen LogP) is 1.56. The molecule has 5 heteroatoms. The molecule has 0 saturated heterocycles. The second kappa shape index (κ2) is 5.01. The molecule has 0 aliphatic carbocycles. The molecule has 0 heterocycles. The van der Waals surface area contributed by atoms with Gasteiger partial charge in [-0.1, -0.05) is 0 Å². The van der Waals surface area contributed by atoms with E-state index in [4.69, 9.17) is 5.11 Å². The minimum absolute atomic E-state index is 0.323. The monoisotopic (exact) mass is 246 g/mol. The molecule has 0 aromatic heterocycles. The Hall–Kier alpha value is -0.520. The van der Waals surface area contributed by atoms with E-state index in [1.807, 2.05) is 0 Å². The van der Waals surface area contributed by atoms with Crippen molar-refractivity contribution in [2.24, 2.45) is 0 Å². The molecule has 1 aromatic rings. The van der Waals surface area contributed by atoms with Crippen molar-refractivity contribution < 1.29 is 13.5 Å². The molecule has 0 amide bonds. The maximum atomic E-state index is 11.2. The topological polar surface area (TPSA) is 54.4 Å². The third-order valence-corrected chi connectivity index (χ3v) is 4.13. The van der Waals surface area contributed by atoms with Crippen molar-refractivity contribution in [1.29, 1.82) is 0 Å². The number of sulfone groups is 1. The Labute approximate surface area is 94.4 Å². The van der Waals surface area contributed by atoms with Crippen LogP contribution in [0.25, 0.3) is 0 Å². The van der Waals surface area contributed by atoms with Crippen LogP contribution in [-0.4, -0.2) is 31.6 Å². The smallest absolute Gasteiger partial charge is 0.175 e. The lowest BCUT2D eigenvalue weighted by atomic mass is 10.4. The van der Waals surface area contributed by atoms with Gasteiger partial charge in [0.25, 0.3) is 0 Å². The lowest BCUT2D eigenvalue weighted by molar-refractivity contribution is 0.220. The van der Waals surface area contributed by atoms with Crippen LogP contribution in [0, 0.1) is 0 Å². The van der Waals surface area contributed by atoms with E-state index in [1.54, 1.807) is 31.2 Å². The normalized spacial score (nSPS) is 13.8. The Balaban J connectivity index is 2.73. The van der Waals surface area contributed by atoms with E-state index in [0.29, 0.717) is 10.6 Å². The molecule has 84 valence electrons. The quantitative estimate of drug-likeness (QED) is 0.819. The summed E-state index contributed by atoms with van der Waals surface area (Å²) in [7, 11) is -3.11. The van der Waals surface area contributed by atoms with Gasteiger partial charge in [-0.2, -0.15) is 0 Å². The maximum Gasteiger partial charge on any atom is 0.175 e. The summed E-state index contributed by atoms with van der Waals surface area (Å²) in [6.45, 7) is 1.72. The molecule has 0 aliphatic rings. The number of aliphatic hydroxyl groups excluding tert-OH is 1. The molecule has 0 spiro atoms. The molecule has 3 nitrogen and oxygen atoms in total. The maximum absolute atomic E-state index is 11.2. The molecule has 1 aromatic carbocycles. The zero-order valence-corrected chi connectivity index (χ0v) is 10.3. The average Bonchev–Trinajstić information content (AvgIpc) is 2.14. The summed E-state index contributed by atoms with van der Waals surface area (Å²) < 4.78 is 22.3. The molecular formula is C10H14O3S2. The Morgan fingerprint density at radius 1 is 1.33 bits per heavy atom. The minimum atomic E-state index is -3.11. The van der Waals surface area contributed by atoms with E-state index >= 15 is 0 Å². The SMILES string of the molecule is C[C@H](O)CSc1ccc(S(C)(=O)=O)cc1. The van der Waals surface area contributed by atoms with Crippen molar-refractivity contribution in [1.82, 2.24) is 0 Å². The fourth-order valence-electron chi connectivity index (χ4n) is 1.000. The molecule has 0 saturated carbocycles. The van der Waals surface area contributed by atoms with Gasteiger partial charge in [-0.15, -0.1) is 11.8 Å². The van der Waals surface area contributed by atoms with E-state index in [-0.39, 0.29) is 6.10 Å². The summed E-state index contributed by atoms with van der Waals surface area (Å²) in [6.07, 6.45) is 0.829. The van der Waals surface area contributed by atoms with Crippen LogP contribution >= 0.6 is 11.8 Å². The standard InChI is InChI=1S/C10H14O3S2/c1-8(11)7-14-9-3-5-10(6-4-9)15(2,12)13/h3-6,8,11H,7H2,1-2H3/t8-/m0/s1. The first-order valence-electron chi connectivity index (χ1n) is 4.50. The molecule has 0 radical (unpaired) electrons. The number of aliphatic hydroxyl groups is 1. The Bertz CT molecular complexity index is 407. The fraction of sp³-hybridized carbons (Fsp3) is 0.400. The second-order valence-corrected chi connectivity index (χ2v) is 6.51. The van der Waals surface area contributed by atoms with Gasteiger partial charge >= 0.3 is 0 Å². The van der Waals surface area contributed by atoms with Crippen LogP contribution in [-0.2, 0) is 9.84 Å². The van der Waals surface area contributed by atoms with Crippen LogP contribution < -0.4 is 0 Å². The Morgan fingerprint density at radius 3 is 2.27 bits per heavy atom. The highest BCUT2D eigenvalue weighted by Gasteiger charge is 2.06. The first kappa shape index (κ1) is 12.5. The second-order valence-electron chi connectivity index (χ2n) is 3.40. The highest BCUT2D eigenvalue weighted by atomic mass is 32.2. The van der Waals surface area contributed by atoms with Crippen LogP contribution in [0.3, 0.4) is 0 Å². The van der Waals surface area contributed by atoms with Crippen LogP contribution in [0.2, 0.25) is 0 Å². The lowest BCUT2D eigenvalue weighted by Crippen LogP contribution is -2.02. The zero-order valence-electron chi connectivity index (χ0n) is 8.67. The number of benzene rings is 1. The summed E-state index contributed by atoms with van der Waals surface area (Å²) >= 11 is 1.50. The number of thioether (sulfide) groups is 1. The molecule has 0 unspecified atom stereocenters. The van der Waals surface area contributed by atoms with Crippen molar-refractivity contribution in [2.45, 2.75) is 22.8 Å². The van der Waals surface area contributed by atoms with E-state index in [9.17, 15) is 8.42 Å². The number of hydrogen-bond acceptors (Lipinski definition) is 4. The van der Waals surface area contributed by atoms with Crippen LogP contribution in [0.15, 0.2) is 34.1 Å². The molecular weight excluding hydrogens is 232 g/mol.